The van der Waals surface area contributed by atoms with Gasteiger partial charge < -0.3 is 21.3 Å². The van der Waals surface area contributed by atoms with Crippen LogP contribution in [0.2, 0.25) is 0 Å². The molecule has 1 atom stereocenters. The van der Waals surface area contributed by atoms with Crippen LogP contribution in [0.1, 0.15) is 23.3 Å². The van der Waals surface area contributed by atoms with Gasteiger partial charge in [-0.2, -0.15) is 0 Å². The van der Waals surface area contributed by atoms with E-state index in [0.29, 0.717) is 0 Å². The van der Waals surface area contributed by atoms with Crippen molar-refractivity contribution in [2.45, 2.75) is 18.9 Å². The van der Waals surface area contributed by atoms with Gasteiger partial charge in [0.15, 0.2) is 5.13 Å². The largest absolute Gasteiger partial charge is 0.481 e. The number of hydrogen-bond donors (Lipinski definition) is 4. The first kappa shape index (κ1) is 13.9. The van der Waals surface area contributed by atoms with Gasteiger partial charge in [0.25, 0.3) is 5.91 Å². The standard InChI is InChI=1S/C9H11N3O5S/c10-9-12-5(3-18-9)7(15)11-4(8(16)17)1-2-6(13)14/h3-4H,1-2H2,(H2,10,12)(H,11,15)(H,13,14)(H,16,17)/t4-/m0/s1. The Morgan fingerprint density at radius 2 is 2.11 bits per heavy atom. The lowest BCUT2D eigenvalue weighted by Crippen LogP contribution is -2.41. The molecule has 1 aromatic rings. The van der Waals surface area contributed by atoms with E-state index in [1.165, 1.54) is 5.38 Å². The average molecular weight is 273 g/mol. The predicted molar refractivity (Wildman–Crippen MR) is 62.3 cm³/mol. The fraction of sp³-hybridized carbons (Fsp3) is 0.333. The van der Waals surface area contributed by atoms with Crippen LogP contribution >= 0.6 is 11.3 Å². The molecule has 0 bridgehead atoms. The zero-order valence-corrected chi connectivity index (χ0v) is 9.94. The van der Waals surface area contributed by atoms with Crippen molar-refractivity contribution < 1.29 is 24.6 Å². The van der Waals surface area contributed by atoms with Crippen molar-refractivity contribution in [1.82, 2.24) is 10.3 Å². The molecule has 1 aromatic heterocycles. The highest BCUT2D eigenvalue weighted by molar-refractivity contribution is 7.13. The third-order valence-corrected chi connectivity index (χ3v) is 2.68. The molecule has 5 N–H and O–H groups in total. The third kappa shape index (κ3) is 4.01. The van der Waals surface area contributed by atoms with E-state index in [1.54, 1.807) is 0 Å². The average Bonchev–Trinajstić information content (AvgIpc) is 2.70. The van der Waals surface area contributed by atoms with Crippen molar-refractivity contribution in [3.63, 3.8) is 0 Å². The first-order valence-electron chi connectivity index (χ1n) is 4.86. The summed E-state index contributed by atoms with van der Waals surface area (Å²) in [5.74, 6) is -3.12. The molecule has 8 nitrogen and oxygen atoms in total. The van der Waals surface area contributed by atoms with Gasteiger partial charge in [-0.1, -0.05) is 0 Å². The van der Waals surface area contributed by atoms with E-state index < -0.39 is 23.9 Å². The van der Waals surface area contributed by atoms with Crippen molar-refractivity contribution in [3.8, 4) is 0 Å². The molecule has 1 amide bonds. The van der Waals surface area contributed by atoms with E-state index in [9.17, 15) is 14.4 Å². The molecule has 18 heavy (non-hydrogen) atoms. The number of carbonyl (C=O) groups excluding carboxylic acids is 1. The SMILES string of the molecule is Nc1nc(C(=O)N[C@@H](CCC(=O)O)C(=O)O)cs1. The molecule has 9 heteroatoms. The second-order valence-electron chi connectivity index (χ2n) is 3.37. The summed E-state index contributed by atoms with van der Waals surface area (Å²) in [5, 5.41) is 21.1. The molecule has 1 rings (SSSR count). The first-order chi connectivity index (χ1) is 8.40. The van der Waals surface area contributed by atoms with Crippen LogP contribution in [-0.4, -0.2) is 39.1 Å². The highest BCUT2D eigenvalue weighted by Crippen LogP contribution is 2.11. The van der Waals surface area contributed by atoms with Gasteiger partial charge in [-0.05, 0) is 6.42 Å². The molecule has 0 saturated heterocycles. The molecule has 0 aliphatic carbocycles. The predicted octanol–water partition coefficient (Wildman–Crippen LogP) is -0.227. The minimum Gasteiger partial charge on any atom is -0.481 e. The zero-order chi connectivity index (χ0) is 13.7. The smallest absolute Gasteiger partial charge is 0.326 e. The van der Waals surface area contributed by atoms with Gasteiger partial charge in [-0.25, -0.2) is 9.78 Å². The summed E-state index contributed by atoms with van der Waals surface area (Å²) in [6.45, 7) is 0. The van der Waals surface area contributed by atoms with Crippen LogP contribution in [0.15, 0.2) is 5.38 Å². The molecule has 0 aliphatic heterocycles. The third-order valence-electron chi connectivity index (χ3n) is 2.00. The summed E-state index contributed by atoms with van der Waals surface area (Å²) in [7, 11) is 0. The number of nitrogens with zero attached hydrogens (tertiary/aromatic N) is 1. The lowest BCUT2D eigenvalue weighted by Gasteiger charge is -2.12. The van der Waals surface area contributed by atoms with Crippen LogP contribution in [0.3, 0.4) is 0 Å². The monoisotopic (exact) mass is 273 g/mol. The normalized spacial score (nSPS) is 11.8. The number of nitrogens with two attached hydrogens (primary N) is 1. The lowest BCUT2D eigenvalue weighted by molar-refractivity contribution is -0.140. The second kappa shape index (κ2) is 5.96. The molecule has 0 aliphatic rings. The van der Waals surface area contributed by atoms with Crippen LogP contribution in [0.25, 0.3) is 0 Å². The van der Waals surface area contributed by atoms with Crippen LogP contribution in [0.5, 0.6) is 0 Å². The number of anilines is 1. The summed E-state index contributed by atoms with van der Waals surface area (Å²) in [6.07, 6.45) is -0.549. The molecule has 98 valence electrons. The Bertz CT molecular complexity index is 473. The summed E-state index contributed by atoms with van der Waals surface area (Å²) in [4.78, 5) is 36.5. The number of nitrogens with one attached hydrogen (secondary N) is 1. The summed E-state index contributed by atoms with van der Waals surface area (Å²) >= 11 is 1.05. The van der Waals surface area contributed by atoms with E-state index in [2.05, 4.69) is 10.3 Å². The van der Waals surface area contributed by atoms with Crippen molar-refractivity contribution in [2.24, 2.45) is 0 Å². The number of carbonyl (C=O) groups is 3. The summed E-state index contributed by atoms with van der Waals surface area (Å²) in [6, 6.07) is -1.27. The minimum atomic E-state index is -1.30. The number of aromatic nitrogens is 1. The Morgan fingerprint density at radius 1 is 1.44 bits per heavy atom. The number of amides is 1. The molecule has 0 fully saturated rings. The molecule has 0 saturated carbocycles. The number of rotatable bonds is 6. The second-order valence-corrected chi connectivity index (χ2v) is 4.26. The zero-order valence-electron chi connectivity index (χ0n) is 9.12. The fourth-order valence-electron chi connectivity index (χ4n) is 1.15. The van der Waals surface area contributed by atoms with Crippen molar-refractivity contribution in [2.75, 3.05) is 5.73 Å². The molecule has 0 aromatic carbocycles. The van der Waals surface area contributed by atoms with Crippen molar-refractivity contribution in [1.29, 1.82) is 0 Å². The Hall–Kier alpha value is -2.16. The maximum Gasteiger partial charge on any atom is 0.326 e. The van der Waals surface area contributed by atoms with Crippen molar-refractivity contribution >= 4 is 34.3 Å². The summed E-state index contributed by atoms with van der Waals surface area (Å²) in [5.41, 5.74) is 5.35. The first-order valence-corrected chi connectivity index (χ1v) is 5.74. The number of thiazole rings is 1. The molecule has 0 spiro atoms. The molecule has 0 unspecified atom stereocenters. The van der Waals surface area contributed by atoms with E-state index in [4.69, 9.17) is 15.9 Å². The molecular weight excluding hydrogens is 262 g/mol. The minimum absolute atomic E-state index is 0.0130. The summed E-state index contributed by atoms with van der Waals surface area (Å²) < 4.78 is 0. The van der Waals surface area contributed by atoms with Gasteiger partial charge in [-0.15, -0.1) is 11.3 Å². The van der Waals surface area contributed by atoms with Crippen LogP contribution in [-0.2, 0) is 9.59 Å². The molecule has 1 heterocycles. The quantitative estimate of drug-likeness (QED) is 0.560. The lowest BCUT2D eigenvalue weighted by atomic mass is 10.1. The van der Waals surface area contributed by atoms with Gasteiger partial charge in [0, 0.05) is 11.8 Å². The maximum atomic E-state index is 11.6. The molecular formula is C9H11N3O5S. The van der Waals surface area contributed by atoms with E-state index in [-0.39, 0.29) is 23.7 Å². The van der Waals surface area contributed by atoms with E-state index >= 15 is 0 Å². The van der Waals surface area contributed by atoms with Crippen LogP contribution < -0.4 is 11.1 Å². The highest BCUT2D eigenvalue weighted by atomic mass is 32.1. The Balaban J connectivity index is 2.63. The number of nitrogen functional groups attached to an aromatic ring is 1. The Kier molecular flexibility index (Phi) is 4.60. The number of hydrogen-bond acceptors (Lipinski definition) is 6. The van der Waals surface area contributed by atoms with Gasteiger partial charge in [-0.3, -0.25) is 9.59 Å². The van der Waals surface area contributed by atoms with Gasteiger partial charge >= 0.3 is 11.9 Å². The maximum absolute atomic E-state index is 11.6. The van der Waals surface area contributed by atoms with Crippen molar-refractivity contribution in [3.05, 3.63) is 11.1 Å². The van der Waals surface area contributed by atoms with Gasteiger partial charge in [0.05, 0.1) is 0 Å². The number of carboxylic acids is 2. The van der Waals surface area contributed by atoms with Gasteiger partial charge in [0.1, 0.15) is 11.7 Å². The van der Waals surface area contributed by atoms with Gasteiger partial charge in [0.2, 0.25) is 0 Å². The Morgan fingerprint density at radius 3 is 2.56 bits per heavy atom. The van der Waals surface area contributed by atoms with E-state index in [0.717, 1.165) is 11.3 Å². The number of carboxylic acid groups (broad SMARTS) is 2. The number of aliphatic carboxylic acids is 2. The molecule has 0 radical (unpaired) electrons. The highest BCUT2D eigenvalue weighted by Gasteiger charge is 2.22. The van der Waals surface area contributed by atoms with Crippen LogP contribution in [0, 0.1) is 0 Å². The Labute approximate surface area is 105 Å². The van der Waals surface area contributed by atoms with Crippen LogP contribution in [0.4, 0.5) is 5.13 Å². The topological polar surface area (TPSA) is 143 Å². The van der Waals surface area contributed by atoms with E-state index in [1.807, 2.05) is 0 Å². The fourth-order valence-corrected chi connectivity index (χ4v) is 1.69.